The number of amidine groups is 2. The standard InChI is InChI=1S/C13H25N3OS/c1-5-17-11(3)16-13(18-4)15-10(2)14-12-8-6-7-9-12/h11-12H,5-9H2,1-4H3,(H,14,15,16). The number of hydrogen-bond donors (Lipinski definition) is 1. The average Bonchev–Trinajstić information content (AvgIpc) is 2.81. The fraction of sp³-hybridized carbons (Fsp3) is 0.846. The SMILES string of the molecule is CCOC(C)N=C(NC(C)=NC1CCCC1)SC. The van der Waals surface area contributed by atoms with Crippen LogP contribution in [0.5, 0.6) is 0 Å². The highest BCUT2D eigenvalue weighted by atomic mass is 32.2. The van der Waals surface area contributed by atoms with E-state index in [1.807, 2.05) is 27.0 Å². The van der Waals surface area contributed by atoms with Crippen LogP contribution >= 0.6 is 11.8 Å². The van der Waals surface area contributed by atoms with Crippen molar-refractivity contribution in [2.24, 2.45) is 9.98 Å². The van der Waals surface area contributed by atoms with Crippen molar-refractivity contribution in [1.82, 2.24) is 5.32 Å². The molecule has 0 radical (unpaired) electrons. The first-order valence-corrected chi connectivity index (χ1v) is 7.93. The minimum Gasteiger partial charge on any atom is -0.357 e. The third kappa shape index (κ3) is 5.87. The van der Waals surface area contributed by atoms with Crippen LogP contribution < -0.4 is 5.32 Å². The van der Waals surface area contributed by atoms with Gasteiger partial charge in [-0.25, -0.2) is 4.99 Å². The van der Waals surface area contributed by atoms with Gasteiger partial charge in [-0.15, -0.1) is 0 Å². The number of nitrogens with one attached hydrogen (secondary N) is 1. The van der Waals surface area contributed by atoms with E-state index in [1.54, 1.807) is 11.8 Å². The Balaban J connectivity index is 2.50. The molecule has 1 rings (SSSR count). The maximum absolute atomic E-state index is 5.41. The fourth-order valence-electron chi connectivity index (χ4n) is 2.07. The lowest BCUT2D eigenvalue weighted by Crippen LogP contribution is -2.28. The van der Waals surface area contributed by atoms with Gasteiger partial charge < -0.3 is 10.1 Å². The van der Waals surface area contributed by atoms with Crippen LogP contribution in [0.2, 0.25) is 0 Å². The molecular formula is C13H25N3OS. The molecule has 1 saturated carbocycles. The van der Waals surface area contributed by atoms with Crippen molar-refractivity contribution in [2.45, 2.75) is 58.7 Å². The molecule has 5 heteroatoms. The second kappa shape index (κ2) is 8.53. The summed E-state index contributed by atoms with van der Waals surface area (Å²) >= 11 is 1.59. The Morgan fingerprint density at radius 2 is 2.11 bits per heavy atom. The summed E-state index contributed by atoms with van der Waals surface area (Å²) in [4.78, 5) is 9.15. The molecule has 0 aromatic rings. The van der Waals surface area contributed by atoms with Crippen LogP contribution in [0.15, 0.2) is 9.98 Å². The van der Waals surface area contributed by atoms with Gasteiger partial charge in [0.1, 0.15) is 6.23 Å². The van der Waals surface area contributed by atoms with Gasteiger partial charge in [-0.05, 0) is 39.9 Å². The lowest BCUT2D eigenvalue weighted by Gasteiger charge is -2.12. The highest BCUT2D eigenvalue weighted by Gasteiger charge is 2.14. The van der Waals surface area contributed by atoms with Crippen molar-refractivity contribution in [2.75, 3.05) is 12.9 Å². The quantitative estimate of drug-likeness (QED) is 0.631. The smallest absolute Gasteiger partial charge is 0.164 e. The van der Waals surface area contributed by atoms with Gasteiger partial charge in [0.05, 0.1) is 11.9 Å². The molecule has 104 valence electrons. The summed E-state index contributed by atoms with van der Waals surface area (Å²) < 4.78 is 5.41. The van der Waals surface area contributed by atoms with E-state index in [1.165, 1.54) is 25.7 Å². The highest BCUT2D eigenvalue weighted by molar-refractivity contribution is 8.13. The summed E-state index contributed by atoms with van der Waals surface area (Å²) in [5, 5.41) is 4.14. The van der Waals surface area contributed by atoms with Crippen LogP contribution in [0.3, 0.4) is 0 Å². The van der Waals surface area contributed by atoms with Crippen molar-refractivity contribution in [3.63, 3.8) is 0 Å². The minimum atomic E-state index is -0.107. The molecule has 1 aliphatic rings. The maximum Gasteiger partial charge on any atom is 0.164 e. The van der Waals surface area contributed by atoms with Crippen LogP contribution in [0.4, 0.5) is 0 Å². The van der Waals surface area contributed by atoms with Crippen LogP contribution in [-0.4, -0.2) is 36.1 Å². The first-order chi connectivity index (χ1) is 8.65. The molecule has 0 aliphatic heterocycles. The molecule has 0 aromatic heterocycles. The lowest BCUT2D eigenvalue weighted by atomic mass is 10.3. The van der Waals surface area contributed by atoms with Crippen molar-refractivity contribution < 1.29 is 4.74 Å². The molecule has 0 bridgehead atoms. The zero-order valence-corrected chi connectivity index (χ0v) is 12.7. The number of nitrogens with zero attached hydrogens (tertiary/aromatic N) is 2. The molecule has 1 atom stereocenters. The van der Waals surface area contributed by atoms with Crippen molar-refractivity contribution in [1.29, 1.82) is 0 Å². The zero-order chi connectivity index (χ0) is 13.4. The monoisotopic (exact) mass is 271 g/mol. The first kappa shape index (κ1) is 15.5. The van der Waals surface area contributed by atoms with Gasteiger partial charge in [0.15, 0.2) is 5.17 Å². The van der Waals surface area contributed by atoms with Crippen molar-refractivity contribution >= 4 is 22.8 Å². The van der Waals surface area contributed by atoms with Gasteiger partial charge in [-0.1, -0.05) is 24.6 Å². The number of ether oxygens (including phenoxy) is 1. The number of hydrogen-bond acceptors (Lipinski definition) is 4. The second-order valence-corrected chi connectivity index (χ2v) is 5.27. The predicted octanol–water partition coefficient (Wildman–Crippen LogP) is 3.04. The Labute approximate surface area is 115 Å². The second-order valence-electron chi connectivity index (χ2n) is 4.47. The molecule has 0 heterocycles. The Morgan fingerprint density at radius 1 is 1.44 bits per heavy atom. The highest BCUT2D eigenvalue weighted by Crippen LogP contribution is 2.20. The molecule has 4 nitrogen and oxygen atoms in total. The van der Waals surface area contributed by atoms with E-state index in [0.717, 1.165) is 11.0 Å². The van der Waals surface area contributed by atoms with Crippen LogP contribution in [0, 0.1) is 0 Å². The molecule has 0 spiro atoms. The van der Waals surface area contributed by atoms with Gasteiger partial charge in [0.25, 0.3) is 0 Å². The normalized spacial score (nSPS) is 20.2. The molecule has 0 amide bonds. The van der Waals surface area contributed by atoms with E-state index in [2.05, 4.69) is 15.3 Å². The number of thioether (sulfide) groups is 1. The van der Waals surface area contributed by atoms with E-state index in [4.69, 9.17) is 4.74 Å². The minimum absolute atomic E-state index is 0.107. The third-order valence-corrected chi connectivity index (χ3v) is 3.48. The van der Waals surface area contributed by atoms with Crippen LogP contribution in [0.1, 0.15) is 46.5 Å². The van der Waals surface area contributed by atoms with Crippen LogP contribution in [0.25, 0.3) is 0 Å². The van der Waals surface area contributed by atoms with Crippen molar-refractivity contribution in [3.8, 4) is 0 Å². The summed E-state index contributed by atoms with van der Waals surface area (Å²) in [6.45, 7) is 6.62. The van der Waals surface area contributed by atoms with E-state index < -0.39 is 0 Å². The van der Waals surface area contributed by atoms with Crippen LogP contribution in [-0.2, 0) is 4.74 Å². The van der Waals surface area contributed by atoms with E-state index >= 15 is 0 Å². The largest absolute Gasteiger partial charge is 0.357 e. The van der Waals surface area contributed by atoms with E-state index in [-0.39, 0.29) is 6.23 Å². The fourth-order valence-corrected chi connectivity index (χ4v) is 2.58. The van der Waals surface area contributed by atoms with Gasteiger partial charge in [0, 0.05) is 6.61 Å². The summed E-state index contributed by atoms with van der Waals surface area (Å²) in [5.41, 5.74) is 0. The molecular weight excluding hydrogens is 246 g/mol. The molecule has 0 aromatic carbocycles. The van der Waals surface area contributed by atoms with Gasteiger partial charge >= 0.3 is 0 Å². The van der Waals surface area contributed by atoms with Crippen molar-refractivity contribution in [3.05, 3.63) is 0 Å². The Kier molecular flexibility index (Phi) is 7.35. The summed E-state index contributed by atoms with van der Waals surface area (Å²) in [6.07, 6.45) is 6.97. The Morgan fingerprint density at radius 3 is 2.67 bits per heavy atom. The van der Waals surface area contributed by atoms with E-state index in [0.29, 0.717) is 12.6 Å². The van der Waals surface area contributed by atoms with E-state index in [9.17, 15) is 0 Å². The summed E-state index contributed by atoms with van der Waals surface area (Å²) in [6, 6.07) is 0.505. The Hall–Kier alpha value is -0.550. The molecule has 18 heavy (non-hydrogen) atoms. The molecule has 1 N–H and O–H groups in total. The molecule has 0 saturated heterocycles. The average molecular weight is 271 g/mol. The molecule has 1 aliphatic carbocycles. The Bertz CT molecular complexity index is 299. The maximum atomic E-state index is 5.41. The van der Waals surface area contributed by atoms with Gasteiger partial charge in [-0.2, -0.15) is 0 Å². The molecule has 1 unspecified atom stereocenters. The lowest BCUT2D eigenvalue weighted by molar-refractivity contribution is 0.0832. The number of aliphatic imine (C=N–C) groups is 2. The third-order valence-electron chi connectivity index (χ3n) is 2.89. The van der Waals surface area contributed by atoms with Gasteiger partial charge in [0.2, 0.25) is 0 Å². The topological polar surface area (TPSA) is 46.0 Å². The number of rotatable bonds is 4. The molecule has 1 fully saturated rings. The predicted molar refractivity (Wildman–Crippen MR) is 80.5 cm³/mol. The first-order valence-electron chi connectivity index (χ1n) is 6.70. The van der Waals surface area contributed by atoms with Gasteiger partial charge in [-0.3, -0.25) is 4.99 Å². The summed E-state index contributed by atoms with van der Waals surface area (Å²) in [5.74, 6) is 0.957. The summed E-state index contributed by atoms with van der Waals surface area (Å²) in [7, 11) is 0. The zero-order valence-electron chi connectivity index (χ0n) is 11.9.